The van der Waals surface area contributed by atoms with E-state index in [2.05, 4.69) is 21.0 Å². The first-order valence-electron chi connectivity index (χ1n) is 6.20. The van der Waals surface area contributed by atoms with Crippen molar-refractivity contribution in [2.75, 3.05) is 0 Å². The van der Waals surface area contributed by atoms with Gasteiger partial charge in [-0.2, -0.15) is 5.10 Å². The van der Waals surface area contributed by atoms with Gasteiger partial charge in [0.2, 0.25) is 0 Å². The molecule has 0 atom stereocenters. The van der Waals surface area contributed by atoms with Crippen LogP contribution >= 0.6 is 15.9 Å². The molecular formula is C14H15BrN2O3. The van der Waals surface area contributed by atoms with Gasteiger partial charge in [-0.1, -0.05) is 0 Å². The van der Waals surface area contributed by atoms with E-state index >= 15 is 0 Å². The Balaban J connectivity index is 2.14. The van der Waals surface area contributed by atoms with Crippen LogP contribution in [0.1, 0.15) is 28.7 Å². The normalized spacial score (nSPS) is 10.6. The summed E-state index contributed by atoms with van der Waals surface area (Å²) in [5, 5.41) is 13.4. The summed E-state index contributed by atoms with van der Waals surface area (Å²) in [6.45, 7) is 5.07. The summed E-state index contributed by atoms with van der Waals surface area (Å²) in [6.07, 6.45) is 0. The van der Waals surface area contributed by atoms with E-state index < -0.39 is 5.97 Å². The Kier molecular flexibility index (Phi) is 4.44. The first-order valence-corrected chi connectivity index (χ1v) is 6.99. The van der Waals surface area contributed by atoms with E-state index in [9.17, 15) is 4.79 Å². The Morgan fingerprint density at radius 3 is 2.85 bits per heavy atom. The number of rotatable bonds is 5. The zero-order chi connectivity index (χ0) is 14.7. The molecule has 0 spiro atoms. The third-order valence-corrected chi connectivity index (χ3v) is 3.53. The lowest BCUT2D eigenvalue weighted by molar-refractivity contribution is 0.0695. The number of carboxylic acid groups (broad SMARTS) is 1. The fourth-order valence-electron chi connectivity index (χ4n) is 1.90. The molecule has 0 amide bonds. The van der Waals surface area contributed by atoms with Crippen LogP contribution in [0.15, 0.2) is 28.7 Å². The van der Waals surface area contributed by atoms with Crippen LogP contribution in [0, 0.1) is 6.92 Å². The average molecular weight is 339 g/mol. The molecule has 0 bridgehead atoms. The number of ether oxygens (including phenoxy) is 1. The maximum Gasteiger partial charge on any atom is 0.336 e. The number of hydrogen-bond donors (Lipinski definition) is 1. The molecule has 5 nitrogen and oxygen atoms in total. The fourth-order valence-corrected chi connectivity index (χ4v) is 2.32. The first kappa shape index (κ1) is 14.6. The van der Waals surface area contributed by atoms with Crippen molar-refractivity contribution in [2.24, 2.45) is 0 Å². The highest BCUT2D eigenvalue weighted by molar-refractivity contribution is 9.10. The summed E-state index contributed by atoms with van der Waals surface area (Å²) in [5.41, 5.74) is 2.08. The van der Waals surface area contributed by atoms with E-state index in [0.717, 1.165) is 17.9 Å². The zero-order valence-corrected chi connectivity index (χ0v) is 12.8. The number of aromatic carboxylic acids is 1. The van der Waals surface area contributed by atoms with Gasteiger partial charge in [0.1, 0.15) is 12.4 Å². The number of aryl methyl sites for hydroxylation is 2. The maximum atomic E-state index is 11.1. The van der Waals surface area contributed by atoms with Crippen molar-refractivity contribution in [3.05, 3.63) is 45.7 Å². The van der Waals surface area contributed by atoms with Crippen LogP contribution in [0.2, 0.25) is 0 Å². The van der Waals surface area contributed by atoms with Gasteiger partial charge >= 0.3 is 5.97 Å². The summed E-state index contributed by atoms with van der Waals surface area (Å²) < 4.78 is 8.05. The molecular weight excluding hydrogens is 324 g/mol. The van der Waals surface area contributed by atoms with Crippen molar-refractivity contribution in [1.29, 1.82) is 0 Å². The van der Waals surface area contributed by atoms with Crippen molar-refractivity contribution in [3.63, 3.8) is 0 Å². The number of carboxylic acids is 1. The third kappa shape index (κ3) is 3.19. The van der Waals surface area contributed by atoms with Crippen LogP contribution in [0.5, 0.6) is 5.75 Å². The van der Waals surface area contributed by atoms with E-state index in [4.69, 9.17) is 9.84 Å². The molecule has 1 N–H and O–H groups in total. The van der Waals surface area contributed by atoms with E-state index in [1.807, 2.05) is 24.6 Å². The van der Waals surface area contributed by atoms with Gasteiger partial charge < -0.3 is 9.84 Å². The van der Waals surface area contributed by atoms with Crippen molar-refractivity contribution >= 4 is 21.9 Å². The van der Waals surface area contributed by atoms with Crippen LogP contribution in [-0.4, -0.2) is 20.9 Å². The third-order valence-electron chi connectivity index (χ3n) is 2.84. The van der Waals surface area contributed by atoms with Gasteiger partial charge in [0.25, 0.3) is 0 Å². The SMILES string of the molecule is CCn1nc(C)cc1COc1ccc(Br)c(C(=O)O)c1. The number of benzene rings is 1. The second-order valence-electron chi connectivity index (χ2n) is 4.33. The van der Waals surface area contributed by atoms with Crippen molar-refractivity contribution in [3.8, 4) is 5.75 Å². The molecule has 20 heavy (non-hydrogen) atoms. The molecule has 0 aliphatic heterocycles. The second kappa shape index (κ2) is 6.09. The van der Waals surface area contributed by atoms with E-state index in [-0.39, 0.29) is 5.56 Å². The minimum Gasteiger partial charge on any atom is -0.487 e. The van der Waals surface area contributed by atoms with Crippen LogP contribution in [0.4, 0.5) is 0 Å². The lowest BCUT2D eigenvalue weighted by atomic mass is 10.2. The highest BCUT2D eigenvalue weighted by Crippen LogP contribution is 2.23. The molecule has 0 radical (unpaired) electrons. The highest BCUT2D eigenvalue weighted by Gasteiger charge is 2.10. The topological polar surface area (TPSA) is 64.4 Å². The van der Waals surface area contributed by atoms with Gasteiger partial charge in [0.05, 0.1) is 17.0 Å². The minimum atomic E-state index is -0.989. The van der Waals surface area contributed by atoms with Crippen LogP contribution < -0.4 is 4.74 Å². The van der Waals surface area contributed by atoms with Gasteiger partial charge in [0, 0.05) is 11.0 Å². The van der Waals surface area contributed by atoms with Gasteiger partial charge in [-0.15, -0.1) is 0 Å². The summed E-state index contributed by atoms with van der Waals surface area (Å²) in [7, 11) is 0. The molecule has 0 unspecified atom stereocenters. The molecule has 0 aliphatic rings. The number of carbonyl (C=O) groups is 1. The Morgan fingerprint density at radius 2 is 2.20 bits per heavy atom. The summed E-state index contributed by atoms with van der Waals surface area (Å²) >= 11 is 3.20. The predicted octanol–water partition coefficient (Wildman–Crippen LogP) is 3.25. The van der Waals surface area contributed by atoms with E-state index in [0.29, 0.717) is 16.8 Å². The molecule has 0 saturated carbocycles. The number of nitrogens with zero attached hydrogens (tertiary/aromatic N) is 2. The van der Waals surface area contributed by atoms with Gasteiger partial charge in [-0.05, 0) is 54.0 Å². The molecule has 1 heterocycles. The molecule has 0 saturated heterocycles. The van der Waals surface area contributed by atoms with Gasteiger partial charge in [-0.25, -0.2) is 4.79 Å². The second-order valence-corrected chi connectivity index (χ2v) is 5.18. The van der Waals surface area contributed by atoms with Crippen molar-refractivity contribution < 1.29 is 14.6 Å². The van der Waals surface area contributed by atoms with Crippen LogP contribution in [-0.2, 0) is 13.2 Å². The molecule has 2 aromatic rings. The number of aromatic nitrogens is 2. The summed E-state index contributed by atoms with van der Waals surface area (Å²) in [5.74, 6) is -0.469. The molecule has 1 aromatic carbocycles. The summed E-state index contributed by atoms with van der Waals surface area (Å²) in [6, 6.07) is 6.86. The number of hydrogen-bond acceptors (Lipinski definition) is 3. The van der Waals surface area contributed by atoms with Gasteiger partial charge in [0.15, 0.2) is 0 Å². The molecule has 6 heteroatoms. The van der Waals surface area contributed by atoms with Gasteiger partial charge in [-0.3, -0.25) is 4.68 Å². The predicted molar refractivity (Wildman–Crippen MR) is 78.1 cm³/mol. The van der Waals surface area contributed by atoms with Crippen molar-refractivity contribution in [1.82, 2.24) is 9.78 Å². The lowest BCUT2D eigenvalue weighted by Crippen LogP contribution is -2.06. The van der Waals surface area contributed by atoms with E-state index in [1.165, 1.54) is 6.07 Å². The highest BCUT2D eigenvalue weighted by atomic mass is 79.9. The first-order chi connectivity index (χ1) is 9.51. The minimum absolute atomic E-state index is 0.183. The molecule has 0 fully saturated rings. The molecule has 1 aromatic heterocycles. The number of halogens is 1. The maximum absolute atomic E-state index is 11.1. The van der Waals surface area contributed by atoms with E-state index in [1.54, 1.807) is 12.1 Å². The van der Waals surface area contributed by atoms with Crippen LogP contribution in [0.25, 0.3) is 0 Å². The van der Waals surface area contributed by atoms with Crippen molar-refractivity contribution in [2.45, 2.75) is 27.0 Å². The Hall–Kier alpha value is -1.82. The largest absolute Gasteiger partial charge is 0.487 e. The smallest absolute Gasteiger partial charge is 0.336 e. The quantitative estimate of drug-likeness (QED) is 0.908. The standard InChI is InChI=1S/C14H15BrN2O3/c1-3-17-10(6-9(2)16-17)8-20-11-4-5-13(15)12(7-11)14(18)19/h4-7H,3,8H2,1-2H3,(H,18,19). The average Bonchev–Trinajstić information content (AvgIpc) is 2.77. The Bertz CT molecular complexity index is 637. The zero-order valence-electron chi connectivity index (χ0n) is 11.3. The molecule has 0 aliphatic carbocycles. The monoisotopic (exact) mass is 338 g/mol. The Labute approximate surface area is 125 Å². The molecule has 2 rings (SSSR count). The Morgan fingerprint density at radius 1 is 1.45 bits per heavy atom. The fraction of sp³-hybridized carbons (Fsp3) is 0.286. The van der Waals surface area contributed by atoms with Crippen LogP contribution in [0.3, 0.4) is 0 Å². The molecule has 106 valence electrons. The lowest BCUT2D eigenvalue weighted by Gasteiger charge is -2.09. The summed E-state index contributed by atoms with van der Waals surface area (Å²) in [4.78, 5) is 11.1.